The smallest absolute Gasteiger partial charge is 0.153 e. The van der Waals surface area contributed by atoms with Crippen molar-refractivity contribution in [2.45, 2.75) is 0 Å². The van der Waals surface area contributed by atoms with Gasteiger partial charge in [0.15, 0.2) is 6.29 Å². The minimum atomic E-state index is 0.603. The molecule has 0 saturated heterocycles. The van der Waals surface area contributed by atoms with E-state index in [0.29, 0.717) is 10.6 Å². The Kier molecular flexibility index (Phi) is 2.37. The van der Waals surface area contributed by atoms with Crippen LogP contribution in [-0.2, 0) is 7.05 Å². The first-order valence-corrected chi connectivity index (χ1v) is 5.21. The van der Waals surface area contributed by atoms with Gasteiger partial charge in [-0.3, -0.25) is 4.79 Å². The van der Waals surface area contributed by atoms with Crippen molar-refractivity contribution in [2.24, 2.45) is 7.05 Å². The molecule has 0 radical (unpaired) electrons. The zero-order valence-electron chi connectivity index (χ0n) is 7.42. The summed E-state index contributed by atoms with van der Waals surface area (Å²) in [6.07, 6.45) is 0.818. The minimum Gasteiger partial charge on any atom is -0.338 e. The van der Waals surface area contributed by atoms with Crippen LogP contribution in [0.25, 0.3) is 10.9 Å². The van der Waals surface area contributed by atoms with Gasteiger partial charge in [-0.1, -0.05) is 17.7 Å². The van der Waals surface area contributed by atoms with Crippen molar-refractivity contribution in [1.29, 1.82) is 0 Å². The number of hydrogen-bond donors (Lipinski definition) is 0. The molecule has 4 heteroatoms. The summed E-state index contributed by atoms with van der Waals surface area (Å²) >= 11 is 9.39. The topological polar surface area (TPSA) is 22.0 Å². The molecule has 1 aromatic carbocycles. The average molecular weight is 273 g/mol. The number of benzene rings is 1. The summed E-state index contributed by atoms with van der Waals surface area (Å²) in [5.74, 6) is 0. The number of hydrogen-bond acceptors (Lipinski definition) is 1. The van der Waals surface area contributed by atoms with E-state index in [1.807, 2.05) is 23.7 Å². The van der Waals surface area contributed by atoms with Crippen molar-refractivity contribution < 1.29 is 4.79 Å². The lowest BCUT2D eigenvalue weighted by Gasteiger charge is -1.96. The van der Waals surface area contributed by atoms with E-state index in [4.69, 9.17) is 11.6 Å². The normalized spacial score (nSPS) is 10.8. The van der Waals surface area contributed by atoms with Gasteiger partial charge in [0, 0.05) is 12.4 Å². The molecule has 0 N–H and O–H groups in total. The monoisotopic (exact) mass is 271 g/mol. The molecule has 2 rings (SSSR count). The molecule has 0 spiro atoms. The number of fused-ring (bicyclic) bond motifs is 1. The van der Waals surface area contributed by atoms with Gasteiger partial charge in [0.25, 0.3) is 0 Å². The maximum absolute atomic E-state index is 10.9. The van der Waals surface area contributed by atoms with E-state index in [-0.39, 0.29) is 0 Å². The molecule has 1 aromatic heterocycles. The zero-order valence-corrected chi connectivity index (χ0v) is 9.76. The van der Waals surface area contributed by atoms with E-state index >= 15 is 0 Å². The molecule has 1 heterocycles. The molecule has 2 nitrogen and oxygen atoms in total. The largest absolute Gasteiger partial charge is 0.338 e. The average Bonchev–Trinajstić information content (AvgIpc) is 2.43. The van der Waals surface area contributed by atoms with Crippen LogP contribution in [0, 0.1) is 0 Å². The Morgan fingerprint density at radius 3 is 2.86 bits per heavy atom. The zero-order chi connectivity index (χ0) is 10.3. The molecule has 0 aliphatic heterocycles. The molecule has 0 atom stereocenters. The van der Waals surface area contributed by atoms with E-state index in [1.54, 1.807) is 6.07 Å². The van der Waals surface area contributed by atoms with Crippen molar-refractivity contribution in [2.75, 3.05) is 0 Å². The SMILES string of the molecule is Cn1c(Br)c(C=O)c2c(Cl)cccc21. The second kappa shape index (κ2) is 3.41. The van der Waals surface area contributed by atoms with Crippen LogP contribution in [0.5, 0.6) is 0 Å². The number of carbonyl (C=O) groups is 1. The Morgan fingerprint density at radius 2 is 2.21 bits per heavy atom. The number of aromatic nitrogens is 1. The van der Waals surface area contributed by atoms with Gasteiger partial charge >= 0.3 is 0 Å². The van der Waals surface area contributed by atoms with E-state index in [0.717, 1.165) is 21.8 Å². The molecule has 0 bridgehead atoms. The first kappa shape index (κ1) is 9.74. The minimum absolute atomic E-state index is 0.603. The van der Waals surface area contributed by atoms with Gasteiger partial charge in [-0.25, -0.2) is 0 Å². The van der Waals surface area contributed by atoms with Gasteiger partial charge in [0.2, 0.25) is 0 Å². The maximum atomic E-state index is 10.9. The third-order valence-corrected chi connectivity index (χ3v) is 3.53. The van der Waals surface area contributed by atoms with Crippen LogP contribution in [0.2, 0.25) is 5.02 Å². The van der Waals surface area contributed by atoms with E-state index in [2.05, 4.69) is 15.9 Å². The fraction of sp³-hybridized carbons (Fsp3) is 0.100. The Balaban J connectivity index is 3.03. The highest BCUT2D eigenvalue weighted by Crippen LogP contribution is 2.32. The number of aryl methyl sites for hydroxylation is 1. The molecular formula is C10H7BrClNO. The summed E-state index contributed by atoms with van der Waals surface area (Å²) in [4.78, 5) is 10.9. The summed E-state index contributed by atoms with van der Waals surface area (Å²) in [6.45, 7) is 0. The molecule has 14 heavy (non-hydrogen) atoms. The Labute approximate surface area is 94.6 Å². The van der Waals surface area contributed by atoms with Gasteiger partial charge in [0.1, 0.15) is 0 Å². The fourth-order valence-electron chi connectivity index (χ4n) is 1.56. The van der Waals surface area contributed by atoms with Crippen LogP contribution < -0.4 is 0 Å². The first-order valence-electron chi connectivity index (χ1n) is 4.04. The second-order valence-corrected chi connectivity index (χ2v) is 4.17. The predicted molar refractivity (Wildman–Crippen MR) is 61.0 cm³/mol. The summed E-state index contributed by atoms with van der Waals surface area (Å²) in [5, 5.41) is 1.41. The van der Waals surface area contributed by atoms with Crippen molar-refractivity contribution in [3.05, 3.63) is 33.4 Å². The standard InChI is InChI=1S/C10H7BrClNO/c1-13-8-4-2-3-7(12)9(8)6(5-14)10(13)11/h2-5H,1H3. The molecule has 0 unspecified atom stereocenters. The Morgan fingerprint density at radius 1 is 1.50 bits per heavy atom. The van der Waals surface area contributed by atoms with Crippen LogP contribution in [0.1, 0.15) is 10.4 Å². The van der Waals surface area contributed by atoms with Crippen molar-refractivity contribution in [3.8, 4) is 0 Å². The second-order valence-electron chi connectivity index (χ2n) is 3.02. The number of rotatable bonds is 1. The number of halogens is 2. The van der Waals surface area contributed by atoms with E-state index in [1.165, 1.54) is 0 Å². The number of nitrogens with zero attached hydrogens (tertiary/aromatic N) is 1. The Hall–Kier alpha value is -0.800. The third kappa shape index (κ3) is 1.20. The maximum Gasteiger partial charge on any atom is 0.153 e. The molecule has 0 fully saturated rings. The highest BCUT2D eigenvalue weighted by Gasteiger charge is 2.14. The van der Waals surface area contributed by atoms with Crippen molar-refractivity contribution in [1.82, 2.24) is 4.57 Å². The Bertz CT molecular complexity index is 518. The van der Waals surface area contributed by atoms with Gasteiger partial charge < -0.3 is 4.57 Å². The van der Waals surface area contributed by atoms with Gasteiger partial charge in [-0.05, 0) is 28.1 Å². The third-order valence-electron chi connectivity index (χ3n) is 2.26. The van der Waals surface area contributed by atoms with Crippen LogP contribution >= 0.6 is 27.5 Å². The first-order chi connectivity index (χ1) is 6.66. The van der Waals surface area contributed by atoms with Gasteiger partial charge in [0.05, 0.1) is 20.7 Å². The quantitative estimate of drug-likeness (QED) is 0.729. The molecular weight excluding hydrogens is 265 g/mol. The molecule has 0 amide bonds. The van der Waals surface area contributed by atoms with E-state index < -0.39 is 0 Å². The highest BCUT2D eigenvalue weighted by molar-refractivity contribution is 9.10. The van der Waals surface area contributed by atoms with Crippen molar-refractivity contribution in [3.63, 3.8) is 0 Å². The van der Waals surface area contributed by atoms with Gasteiger partial charge in [-0.15, -0.1) is 0 Å². The number of carbonyl (C=O) groups excluding carboxylic acids is 1. The van der Waals surface area contributed by atoms with Crippen LogP contribution in [0.4, 0.5) is 0 Å². The molecule has 0 aliphatic rings. The molecule has 0 saturated carbocycles. The fourth-order valence-corrected chi connectivity index (χ4v) is 2.31. The van der Waals surface area contributed by atoms with Crippen molar-refractivity contribution >= 4 is 44.7 Å². The molecule has 0 aliphatic carbocycles. The van der Waals surface area contributed by atoms with Crippen LogP contribution in [-0.4, -0.2) is 10.9 Å². The molecule has 2 aromatic rings. The highest BCUT2D eigenvalue weighted by atomic mass is 79.9. The van der Waals surface area contributed by atoms with E-state index in [9.17, 15) is 4.79 Å². The number of aldehydes is 1. The van der Waals surface area contributed by atoms with Gasteiger partial charge in [-0.2, -0.15) is 0 Å². The summed E-state index contributed by atoms with van der Waals surface area (Å²) in [5.41, 5.74) is 1.56. The molecule has 72 valence electrons. The summed E-state index contributed by atoms with van der Waals surface area (Å²) in [6, 6.07) is 5.58. The lowest BCUT2D eigenvalue weighted by Crippen LogP contribution is -1.86. The lowest BCUT2D eigenvalue weighted by molar-refractivity contribution is 0.112. The predicted octanol–water partition coefficient (Wildman–Crippen LogP) is 3.41. The lowest BCUT2D eigenvalue weighted by atomic mass is 10.2. The van der Waals surface area contributed by atoms with Crippen LogP contribution in [0.15, 0.2) is 22.8 Å². The van der Waals surface area contributed by atoms with Crippen LogP contribution in [0.3, 0.4) is 0 Å². The summed E-state index contributed by atoms with van der Waals surface area (Å²) < 4.78 is 2.65. The summed E-state index contributed by atoms with van der Waals surface area (Å²) in [7, 11) is 1.88.